The van der Waals surface area contributed by atoms with Gasteiger partial charge in [0.15, 0.2) is 5.78 Å². The van der Waals surface area contributed by atoms with E-state index in [9.17, 15) is 19.3 Å². The number of carbonyl (C=O) groups excluding carboxylic acids is 1. The van der Waals surface area contributed by atoms with Crippen molar-refractivity contribution in [3.05, 3.63) is 69.8 Å². The summed E-state index contributed by atoms with van der Waals surface area (Å²) in [5, 5.41) is 10.8. The highest BCUT2D eigenvalue weighted by molar-refractivity contribution is 6.00. The van der Waals surface area contributed by atoms with Gasteiger partial charge in [-0.05, 0) is 24.3 Å². The van der Waals surface area contributed by atoms with Crippen molar-refractivity contribution in [2.24, 2.45) is 0 Å². The topological polar surface area (TPSA) is 73.1 Å². The first-order valence-electron chi connectivity index (χ1n) is 5.45. The predicted molar refractivity (Wildman–Crippen MR) is 65.3 cm³/mol. The first-order chi connectivity index (χ1) is 9.08. The van der Waals surface area contributed by atoms with Gasteiger partial charge in [0.05, 0.1) is 23.0 Å². The average Bonchev–Trinajstić information content (AvgIpc) is 2.39. The zero-order chi connectivity index (χ0) is 13.8. The largest absolute Gasteiger partial charge is 0.293 e. The minimum Gasteiger partial charge on any atom is -0.293 e. The SMILES string of the molecule is O=C(Cc1ccccn1)c1ccc(F)cc1[N+](=O)[O-]. The second-order valence-corrected chi connectivity index (χ2v) is 3.84. The lowest BCUT2D eigenvalue weighted by Crippen LogP contribution is -2.08. The van der Waals surface area contributed by atoms with E-state index in [1.807, 2.05) is 0 Å². The molecule has 96 valence electrons. The fourth-order valence-corrected chi connectivity index (χ4v) is 1.65. The molecule has 0 saturated carbocycles. The number of hydrogen-bond acceptors (Lipinski definition) is 4. The maximum Gasteiger partial charge on any atom is 0.283 e. The molecule has 1 aromatic heterocycles. The van der Waals surface area contributed by atoms with Crippen molar-refractivity contribution in [2.75, 3.05) is 0 Å². The highest BCUT2D eigenvalue weighted by Crippen LogP contribution is 2.21. The monoisotopic (exact) mass is 260 g/mol. The fourth-order valence-electron chi connectivity index (χ4n) is 1.65. The lowest BCUT2D eigenvalue weighted by molar-refractivity contribution is -0.385. The summed E-state index contributed by atoms with van der Waals surface area (Å²) >= 11 is 0. The second kappa shape index (κ2) is 5.34. The van der Waals surface area contributed by atoms with Gasteiger partial charge in [-0.1, -0.05) is 6.07 Å². The molecule has 5 nitrogen and oxygen atoms in total. The molecule has 0 radical (unpaired) electrons. The molecule has 6 heteroatoms. The lowest BCUT2D eigenvalue weighted by Gasteiger charge is -2.02. The molecule has 0 aliphatic heterocycles. The van der Waals surface area contributed by atoms with E-state index < -0.39 is 22.2 Å². The van der Waals surface area contributed by atoms with Crippen molar-refractivity contribution in [1.29, 1.82) is 0 Å². The van der Waals surface area contributed by atoms with Crippen molar-refractivity contribution >= 4 is 11.5 Å². The van der Waals surface area contributed by atoms with Crippen molar-refractivity contribution in [3.8, 4) is 0 Å². The Morgan fingerprint density at radius 3 is 2.74 bits per heavy atom. The minimum atomic E-state index is -0.769. The Morgan fingerprint density at radius 1 is 1.32 bits per heavy atom. The number of nitrogens with zero attached hydrogens (tertiary/aromatic N) is 2. The zero-order valence-electron chi connectivity index (χ0n) is 9.75. The van der Waals surface area contributed by atoms with E-state index in [2.05, 4.69) is 4.98 Å². The Bertz CT molecular complexity index is 629. The maximum atomic E-state index is 13.0. The van der Waals surface area contributed by atoms with Crippen LogP contribution in [0.2, 0.25) is 0 Å². The van der Waals surface area contributed by atoms with Gasteiger partial charge in [-0.25, -0.2) is 4.39 Å². The van der Waals surface area contributed by atoms with Crippen molar-refractivity contribution in [3.63, 3.8) is 0 Å². The third-order valence-electron chi connectivity index (χ3n) is 2.52. The van der Waals surface area contributed by atoms with Gasteiger partial charge in [0.25, 0.3) is 5.69 Å². The third-order valence-corrected chi connectivity index (χ3v) is 2.52. The molecule has 1 aromatic carbocycles. The molecular formula is C13H9FN2O3. The van der Waals surface area contributed by atoms with Crippen molar-refractivity contribution < 1.29 is 14.1 Å². The van der Waals surface area contributed by atoms with Crippen molar-refractivity contribution in [2.45, 2.75) is 6.42 Å². The molecular weight excluding hydrogens is 251 g/mol. The molecule has 1 heterocycles. The summed E-state index contributed by atoms with van der Waals surface area (Å²) in [4.78, 5) is 26.0. The van der Waals surface area contributed by atoms with E-state index in [1.165, 1.54) is 6.20 Å². The summed E-state index contributed by atoms with van der Waals surface area (Å²) in [5.74, 6) is -1.22. The molecule has 0 unspecified atom stereocenters. The lowest BCUT2D eigenvalue weighted by atomic mass is 10.0. The fraction of sp³-hybridized carbons (Fsp3) is 0.0769. The summed E-state index contributed by atoms with van der Waals surface area (Å²) in [6.45, 7) is 0. The summed E-state index contributed by atoms with van der Waals surface area (Å²) in [6, 6.07) is 7.96. The number of benzene rings is 1. The number of nitro groups is 1. The molecule has 0 aliphatic carbocycles. The standard InChI is InChI=1S/C13H9FN2O3/c14-9-4-5-11(12(7-9)16(18)19)13(17)8-10-3-1-2-6-15-10/h1-7H,8H2. The van der Waals surface area contributed by atoms with Gasteiger partial charge in [0, 0.05) is 11.9 Å². The summed E-state index contributed by atoms with van der Waals surface area (Å²) in [5.41, 5.74) is -0.135. The van der Waals surface area contributed by atoms with Crippen LogP contribution < -0.4 is 0 Å². The zero-order valence-corrected chi connectivity index (χ0v) is 9.75. The first kappa shape index (κ1) is 12.8. The molecule has 0 atom stereocenters. The Labute approximate surface area is 107 Å². The van der Waals surface area contributed by atoms with E-state index in [0.29, 0.717) is 5.69 Å². The number of halogens is 1. The van der Waals surface area contributed by atoms with Gasteiger partial charge >= 0.3 is 0 Å². The van der Waals surface area contributed by atoms with Gasteiger partial charge < -0.3 is 0 Å². The molecule has 0 N–H and O–H groups in total. The quantitative estimate of drug-likeness (QED) is 0.481. The molecule has 0 fully saturated rings. The van der Waals surface area contributed by atoms with Crippen LogP contribution in [-0.4, -0.2) is 15.7 Å². The van der Waals surface area contributed by atoms with E-state index >= 15 is 0 Å². The van der Waals surface area contributed by atoms with Crippen LogP contribution in [0.4, 0.5) is 10.1 Å². The van der Waals surface area contributed by atoms with Gasteiger partial charge in [-0.3, -0.25) is 19.9 Å². The minimum absolute atomic E-state index is 0.0622. The number of pyridine rings is 1. The van der Waals surface area contributed by atoms with Crippen LogP contribution in [0.1, 0.15) is 16.1 Å². The van der Waals surface area contributed by atoms with Gasteiger partial charge in [0.2, 0.25) is 0 Å². The Kier molecular flexibility index (Phi) is 3.61. The van der Waals surface area contributed by atoms with Crippen LogP contribution in [0.5, 0.6) is 0 Å². The summed E-state index contributed by atoms with van der Waals surface area (Å²) < 4.78 is 13.0. The molecule has 2 aromatic rings. The van der Waals surface area contributed by atoms with Crippen LogP contribution in [0.3, 0.4) is 0 Å². The van der Waals surface area contributed by atoms with E-state index in [0.717, 1.165) is 18.2 Å². The number of rotatable bonds is 4. The highest BCUT2D eigenvalue weighted by atomic mass is 19.1. The average molecular weight is 260 g/mol. The molecule has 2 rings (SSSR count). The second-order valence-electron chi connectivity index (χ2n) is 3.84. The number of hydrogen-bond donors (Lipinski definition) is 0. The maximum absolute atomic E-state index is 13.0. The van der Waals surface area contributed by atoms with Crippen LogP contribution >= 0.6 is 0 Å². The molecule has 0 amide bonds. The highest BCUT2D eigenvalue weighted by Gasteiger charge is 2.21. The Hall–Kier alpha value is -2.63. The molecule has 0 bridgehead atoms. The molecule has 0 aliphatic rings. The Morgan fingerprint density at radius 2 is 2.11 bits per heavy atom. The van der Waals surface area contributed by atoms with E-state index in [-0.39, 0.29) is 12.0 Å². The van der Waals surface area contributed by atoms with Gasteiger partial charge in [0.1, 0.15) is 5.82 Å². The predicted octanol–water partition coefficient (Wildman–Crippen LogP) is 2.55. The summed E-state index contributed by atoms with van der Waals surface area (Å²) in [7, 11) is 0. The molecule has 0 saturated heterocycles. The van der Waals surface area contributed by atoms with E-state index in [1.54, 1.807) is 18.2 Å². The molecule has 19 heavy (non-hydrogen) atoms. The number of carbonyl (C=O) groups is 1. The molecule has 0 spiro atoms. The van der Waals surface area contributed by atoms with Gasteiger partial charge in [-0.15, -0.1) is 0 Å². The van der Waals surface area contributed by atoms with Crippen LogP contribution in [0.25, 0.3) is 0 Å². The number of ketones is 1. The normalized spacial score (nSPS) is 10.2. The van der Waals surface area contributed by atoms with Crippen LogP contribution in [0, 0.1) is 15.9 Å². The van der Waals surface area contributed by atoms with Crippen LogP contribution in [-0.2, 0) is 6.42 Å². The Balaban J connectivity index is 2.31. The smallest absolute Gasteiger partial charge is 0.283 e. The van der Waals surface area contributed by atoms with Crippen LogP contribution in [0.15, 0.2) is 42.6 Å². The van der Waals surface area contributed by atoms with Crippen molar-refractivity contribution in [1.82, 2.24) is 4.98 Å². The van der Waals surface area contributed by atoms with Gasteiger partial charge in [-0.2, -0.15) is 0 Å². The number of Topliss-reactive ketones (excluding diaryl/α,β-unsaturated/α-hetero) is 1. The van der Waals surface area contributed by atoms with E-state index in [4.69, 9.17) is 0 Å². The first-order valence-corrected chi connectivity index (χ1v) is 5.45. The summed E-state index contributed by atoms with van der Waals surface area (Å²) in [6.07, 6.45) is 1.47. The third kappa shape index (κ3) is 2.98. The number of aromatic nitrogens is 1. The number of nitro benzene ring substituents is 1.